The molecule has 0 rings (SSSR count). The second-order valence-electron chi connectivity index (χ2n) is 5.59. The molecule has 0 saturated carbocycles. The van der Waals surface area contributed by atoms with Gasteiger partial charge in [0.1, 0.15) is 0 Å². The molecule has 0 aliphatic carbocycles. The molecule has 4 heteroatoms. The minimum absolute atomic E-state index is 0.264. The fourth-order valence-electron chi connectivity index (χ4n) is 2.29. The number of allylic oxidation sites excluding steroid dienone is 2. The van der Waals surface area contributed by atoms with Crippen LogP contribution in [0.3, 0.4) is 0 Å². The van der Waals surface area contributed by atoms with Crippen LogP contribution in [0.1, 0.15) is 77.6 Å². The SMILES string of the molecule is CCC/C=C/CCCCCCCCC(CC(=O)O)C(=O)O. The summed E-state index contributed by atoms with van der Waals surface area (Å²) < 4.78 is 0. The van der Waals surface area contributed by atoms with Gasteiger partial charge in [-0.3, -0.25) is 9.59 Å². The first-order valence-electron chi connectivity index (χ1n) is 8.17. The Kier molecular flexibility index (Phi) is 12.8. The Bertz CT molecular complexity index is 310. The first-order valence-corrected chi connectivity index (χ1v) is 8.17. The van der Waals surface area contributed by atoms with Crippen LogP contribution >= 0.6 is 0 Å². The molecule has 0 aromatic heterocycles. The Morgan fingerprint density at radius 3 is 2.05 bits per heavy atom. The summed E-state index contributed by atoms with van der Waals surface area (Å²) in [6.07, 6.45) is 14.8. The summed E-state index contributed by atoms with van der Waals surface area (Å²) >= 11 is 0. The van der Waals surface area contributed by atoms with E-state index in [1.54, 1.807) is 0 Å². The van der Waals surface area contributed by atoms with Gasteiger partial charge < -0.3 is 10.2 Å². The normalized spacial score (nSPS) is 12.6. The van der Waals surface area contributed by atoms with Crippen LogP contribution in [-0.2, 0) is 9.59 Å². The fraction of sp³-hybridized carbons (Fsp3) is 0.765. The van der Waals surface area contributed by atoms with Gasteiger partial charge in [-0.1, -0.05) is 57.6 Å². The van der Waals surface area contributed by atoms with Crippen molar-refractivity contribution in [2.24, 2.45) is 5.92 Å². The van der Waals surface area contributed by atoms with Crippen molar-refractivity contribution < 1.29 is 19.8 Å². The summed E-state index contributed by atoms with van der Waals surface area (Å²) in [4.78, 5) is 21.4. The predicted octanol–water partition coefficient (Wildman–Crippen LogP) is 4.64. The zero-order valence-electron chi connectivity index (χ0n) is 13.2. The Hall–Kier alpha value is -1.32. The van der Waals surface area contributed by atoms with E-state index in [9.17, 15) is 9.59 Å². The lowest BCUT2D eigenvalue weighted by molar-refractivity contribution is -0.148. The standard InChI is InChI=1S/C17H30O4/c1-2-3-4-5-6-7-8-9-10-11-12-13-15(17(20)21)14-16(18)19/h4-5,15H,2-3,6-14H2,1H3,(H,18,19)(H,20,21)/b5-4+. The van der Waals surface area contributed by atoms with Gasteiger partial charge >= 0.3 is 11.9 Å². The van der Waals surface area contributed by atoms with E-state index in [0.29, 0.717) is 6.42 Å². The molecule has 21 heavy (non-hydrogen) atoms. The first kappa shape index (κ1) is 19.7. The Morgan fingerprint density at radius 2 is 1.48 bits per heavy atom. The zero-order chi connectivity index (χ0) is 15.9. The highest BCUT2D eigenvalue weighted by Gasteiger charge is 2.19. The molecule has 0 heterocycles. The van der Waals surface area contributed by atoms with E-state index in [2.05, 4.69) is 19.1 Å². The maximum absolute atomic E-state index is 10.9. The highest BCUT2D eigenvalue weighted by Crippen LogP contribution is 2.16. The number of hydrogen-bond donors (Lipinski definition) is 2. The molecule has 1 atom stereocenters. The lowest BCUT2D eigenvalue weighted by Gasteiger charge is -2.09. The summed E-state index contributed by atoms with van der Waals surface area (Å²) in [5, 5.41) is 17.6. The highest BCUT2D eigenvalue weighted by atomic mass is 16.4. The van der Waals surface area contributed by atoms with Crippen molar-refractivity contribution in [3.63, 3.8) is 0 Å². The highest BCUT2D eigenvalue weighted by molar-refractivity contribution is 5.77. The quantitative estimate of drug-likeness (QED) is 0.362. The van der Waals surface area contributed by atoms with Gasteiger partial charge in [0.05, 0.1) is 12.3 Å². The summed E-state index contributed by atoms with van der Waals surface area (Å²) in [5.74, 6) is -2.75. The third-order valence-corrected chi connectivity index (χ3v) is 3.57. The van der Waals surface area contributed by atoms with Gasteiger partial charge in [0.25, 0.3) is 0 Å². The van der Waals surface area contributed by atoms with Gasteiger partial charge in [0, 0.05) is 0 Å². The van der Waals surface area contributed by atoms with Crippen LogP contribution in [0.5, 0.6) is 0 Å². The molecule has 122 valence electrons. The molecule has 0 bridgehead atoms. The van der Waals surface area contributed by atoms with Crippen molar-refractivity contribution in [2.75, 3.05) is 0 Å². The number of unbranched alkanes of at least 4 members (excludes halogenated alkanes) is 7. The number of aliphatic carboxylic acids is 2. The van der Waals surface area contributed by atoms with Crippen molar-refractivity contribution in [3.8, 4) is 0 Å². The van der Waals surface area contributed by atoms with Gasteiger partial charge in [0.2, 0.25) is 0 Å². The molecule has 0 aliphatic heterocycles. The molecule has 0 radical (unpaired) electrons. The summed E-state index contributed by atoms with van der Waals surface area (Å²) in [5.41, 5.74) is 0. The Morgan fingerprint density at radius 1 is 0.905 bits per heavy atom. The number of carbonyl (C=O) groups is 2. The van der Waals surface area contributed by atoms with Gasteiger partial charge in [-0.2, -0.15) is 0 Å². The van der Waals surface area contributed by atoms with Crippen LogP contribution < -0.4 is 0 Å². The number of carboxylic acids is 2. The molecule has 4 nitrogen and oxygen atoms in total. The molecule has 0 saturated heterocycles. The van der Waals surface area contributed by atoms with Crippen molar-refractivity contribution in [1.82, 2.24) is 0 Å². The van der Waals surface area contributed by atoms with E-state index >= 15 is 0 Å². The zero-order valence-corrected chi connectivity index (χ0v) is 13.2. The molecular formula is C17H30O4. The largest absolute Gasteiger partial charge is 0.481 e. The van der Waals surface area contributed by atoms with Gasteiger partial charge in [0.15, 0.2) is 0 Å². The maximum Gasteiger partial charge on any atom is 0.307 e. The van der Waals surface area contributed by atoms with E-state index in [1.807, 2.05) is 0 Å². The third-order valence-electron chi connectivity index (χ3n) is 3.57. The molecule has 0 aromatic rings. The van der Waals surface area contributed by atoms with E-state index < -0.39 is 17.9 Å². The molecule has 0 aromatic carbocycles. The Labute approximate surface area is 128 Å². The minimum Gasteiger partial charge on any atom is -0.481 e. The van der Waals surface area contributed by atoms with Crippen LogP contribution in [0.25, 0.3) is 0 Å². The molecule has 1 unspecified atom stereocenters. The molecule has 0 aliphatic rings. The first-order chi connectivity index (χ1) is 10.1. The second kappa shape index (κ2) is 13.7. The Balaban J connectivity index is 3.45. The van der Waals surface area contributed by atoms with E-state index in [-0.39, 0.29) is 6.42 Å². The monoisotopic (exact) mass is 298 g/mol. The van der Waals surface area contributed by atoms with E-state index in [0.717, 1.165) is 25.7 Å². The van der Waals surface area contributed by atoms with Crippen molar-refractivity contribution >= 4 is 11.9 Å². The average molecular weight is 298 g/mol. The molecule has 0 spiro atoms. The lowest BCUT2D eigenvalue weighted by atomic mass is 9.97. The van der Waals surface area contributed by atoms with Crippen LogP contribution in [0.15, 0.2) is 12.2 Å². The number of hydrogen-bond acceptors (Lipinski definition) is 2. The van der Waals surface area contributed by atoms with Crippen LogP contribution in [0.2, 0.25) is 0 Å². The number of carboxylic acid groups (broad SMARTS) is 2. The van der Waals surface area contributed by atoms with Crippen LogP contribution in [0.4, 0.5) is 0 Å². The summed E-state index contributed by atoms with van der Waals surface area (Å²) in [7, 11) is 0. The maximum atomic E-state index is 10.9. The van der Waals surface area contributed by atoms with Crippen molar-refractivity contribution in [1.29, 1.82) is 0 Å². The molecule has 0 fully saturated rings. The van der Waals surface area contributed by atoms with Crippen molar-refractivity contribution in [3.05, 3.63) is 12.2 Å². The molecular weight excluding hydrogens is 268 g/mol. The van der Waals surface area contributed by atoms with Gasteiger partial charge in [-0.05, 0) is 25.7 Å². The average Bonchev–Trinajstić information content (AvgIpc) is 2.42. The van der Waals surface area contributed by atoms with Crippen molar-refractivity contribution in [2.45, 2.75) is 77.6 Å². The lowest BCUT2D eigenvalue weighted by Crippen LogP contribution is -2.17. The van der Waals surface area contributed by atoms with E-state index in [4.69, 9.17) is 10.2 Å². The minimum atomic E-state index is -1.03. The van der Waals surface area contributed by atoms with Gasteiger partial charge in [-0.25, -0.2) is 0 Å². The predicted molar refractivity (Wildman–Crippen MR) is 84.4 cm³/mol. The molecule has 2 N–H and O–H groups in total. The number of rotatable bonds is 14. The van der Waals surface area contributed by atoms with Crippen LogP contribution in [0, 0.1) is 5.92 Å². The topological polar surface area (TPSA) is 74.6 Å². The van der Waals surface area contributed by atoms with Gasteiger partial charge in [-0.15, -0.1) is 0 Å². The smallest absolute Gasteiger partial charge is 0.307 e. The third kappa shape index (κ3) is 13.4. The summed E-state index contributed by atoms with van der Waals surface area (Å²) in [6.45, 7) is 2.18. The fourth-order valence-corrected chi connectivity index (χ4v) is 2.29. The molecule has 0 amide bonds. The van der Waals surface area contributed by atoms with E-state index in [1.165, 1.54) is 32.1 Å². The van der Waals surface area contributed by atoms with Crippen LogP contribution in [-0.4, -0.2) is 22.2 Å². The summed E-state index contributed by atoms with van der Waals surface area (Å²) in [6, 6.07) is 0. The second-order valence-corrected chi connectivity index (χ2v) is 5.59.